The number of aliphatic hydroxyl groups is 2. The second-order valence-corrected chi connectivity index (χ2v) is 6.69. The van der Waals surface area contributed by atoms with E-state index in [1.54, 1.807) is 0 Å². The largest absolute Gasteiger partial charge is 0.472 e. The molecular formula is C12H19N2O9P. The van der Waals surface area contributed by atoms with Gasteiger partial charge in [-0.3, -0.25) is 23.4 Å². The molecule has 11 nitrogen and oxygen atoms in total. The highest BCUT2D eigenvalue weighted by atomic mass is 31.2. The van der Waals surface area contributed by atoms with Crippen LogP contribution >= 0.6 is 7.82 Å². The molecule has 1 fully saturated rings. The van der Waals surface area contributed by atoms with Crippen molar-refractivity contribution in [3.05, 3.63) is 32.6 Å². The van der Waals surface area contributed by atoms with Crippen molar-refractivity contribution in [2.75, 3.05) is 19.8 Å². The number of aromatic nitrogens is 2. The standard InChI is InChI=1S/C12H19N2O9P/c1-7-5-14(12(18)13-11(7)17)10-4-8(16)9(23-10)6-22-24(19,20)21-3-2-15/h5,8-10,15-16H,2-4,6H2,1H3,(H,19,20)(H,13,17,18)/t8-,9+,10+/m0/s1. The summed E-state index contributed by atoms with van der Waals surface area (Å²) in [6.07, 6.45) is -1.53. The summed E-state index contributed by atoms with van der Waals surface area (Å²) in [4.78, 5) is 34.7. The van der Waals surface area contributed by atoms with E-state index >= 15 is 0 Å². The Labute approximate surface area is 136 Å². The molecule has 1 aromatic rings. The first-order valence-electron chi connectivity index (χ1n) is 7.12. The summed E-state index contributed by atoms with van der Waals surface area (Å²) in [5, 5.41) is 18.5. The molecule has 0 aliphatic carbocycles. The predicted molar refractivity (Wildman–Crippen MR) is 79.4 cm³/mol. The van der Waals surface area contributed by atoms with Crippen molar-refractivity contribution in [1.29, 1.82) is 0 Å². The quantitative estimate of drug-likeness (QED) is 0.426. The Hall–Kier alpha value is -1.33. The molecule has 136 valence electrons. The number of rotatable bonds is 7. The molecule has 1 aliphatic rings. The van der Waals surface area contributed by atoms with Crippen LogP contribution in [0.3, 0.4) is 0 Å². The first-order valence-corrected chi connectivity index (χ1v) is 8.61. The van der Waals surface area contributed by atoms with Crippen molar-refractivity contribution in [3.8, 4) is 0 Å². The molecule has 2 heterocycles. The van der Waals surface area contributed by atoms with Gasteiger partial charge >= 0.3 is 13.5 Å². The molecule has 0 spiro atoms. The predicted octanol–water partition coefficient (Wildman–Crippen LogP) is -1.38. The molecule has 24 heavy (non-hydrogen) atoms. The number of H-pyrrole nitrogens is 1. The Balaban J connectivity index is 2.02. The van der Waals surface area contributed by atoms with Crippen LogP contribution in [0.2, 0.25) is 0 Å². The molecule has 1 unspecified atom stereocenters. The van der Waals surface area contributed by atoms with E-state index in [9.17, 15) is 24.2 Å². The molecule has 12 heteroatoms. The summed E-state index contributed by atoms with van der Waals surface area (Å²) in [5.74, 6) is 0. The molecule has 0 amide bonds. The van der Waals surface area contributed by atoms with Crippen LogP contribution in [0.25, 0.3) is 0 Å². The lowest BCUT2D eigenvalue weighted by atomic mass is 10.2. The second-order valence-electron chi connectivity index (χ2n) is 5.23. The molecule has 1 saturated heterocycles. The molecule has 0 saturated carbocycles. The van der Waals surface area contributed by atoms with E-state index < -0.39 is 50.7 Å². The second kappa shape index (κ2) is 7.70. The van der Waals surface area contributed by atoms with Crippen LogP contribution in [0.5, 0.6) is 0 Å². The van der Waals surface area contributed by atoms with E-state index in [1.165, 1.54) is 13.1 Å². The van der Waals surface area contributed by atoms with E-state index in [2.05, 4.69) is 9.51 Å². The highest BCUT2D eigenvalue weighted by molar-refractivity contribution is 7.47. The summed E-state index contributed by atoms with van der Waals surface area (Å²) in [6, 6.07) is 0. The Morgan fingerprint density at radius 1 is 1.46 bits per heavy atom. The Morgan fingerprint density at radius 3 is 2.83 bits per heavy atom. The van der Waals surface area contributed by atoms with Crippen molar-refractivity contribution in [2.45, 2.75) is 31.8 Å². The average Bonchev–Trinajstić information content (AvgIpc) is 2.88. The Bertz CT molecular complexity index is 730. The first-order chi connectivity index (χ1) is 11.2. The minimum Gasteiger partial charge on any atom is -0.394 e. The van der Waals surface area contributed by atoms with E-state index in [0.29, 0.717) is 5.56 Å². The number of aromatic amines is 1. The van der Waals surface area contributed by atoms with Gasteiger partial charge in [-0.2, -0.15) is 0 Å². The van der Waals surface area contributed by atoms with E-state index in [1.807, 2.05) is 0 Å². The maximum absolute atomic E-state index is 11.8. The SMILES string of the molecule is Cc1cn([C@H]2C[C@H](O)[C@@H](COP(=O)(O)OCCO)O2)c(=O)[nH]c1=O. The van der Waals surface area contributed by atoms with Crippen LogP contribution in [0.1, 0.15) is 18.2 Å². The minimum absolute atomic E-state index is 0.0344. The number of phosphoric acid groups is 1. The molecule has 4 atom stereocenters. The minimum atomic E-state index is -4.37. The lowest BCUT2D eigenvalue weighted by Crippen LogP contribution is -2.33. The van der Waals surface area contributed by atoms with E-state index in [4.69, 9.17) is 14.4 Å². The van der Waals surface area contributed by atoms with Crippen molar-refractivity contribution in [1.82, 2.24) is 9.55 Å². The molecule has 2 rings (SSSR count). The zero-order chi connectivity index (χ0) is 17.9. The zero-order valence-electron chi connectivity index (χ0n) is 12.8. The zero-order valence-corrected chi connectivity index (χ0v) is 13.7. The van der Waals surface area contributed by atoms with Crippen LogP contribution in [0.15, 0.2) is 15.8 Å². The van der Waals surface area contributed by atoms with Crippen LogP contribution in [0.4, 0.5) is 0 Å². The lowest BCUT2D eigenvalue weighted by Gasteiger charge is -2.18. The van der Waals surface area contributed by atoms with Crippen molar-refractivity contribution >= 4 is 7.82 Å². The summed E-state index contributed by atoms with van der Waals surface area (Å²) < 4.78 is 27.2. The summed E-state index contributed by atoms with van der Waals surface area (Å²) >= 11 is 0. The van der Waals surface area contributed by atoms with Gasteiger partial charge < -0.3 is 19.8 Å². The van der Waals surface area contributed by atoms with Gasteiger partial charge in [0.25, 0.3) is 5.56 Å². The average molecular weight is 366 g/mol. The topological polar surface area (TPSA) is 160 Å². The number of aryl methyl sites for hydroxylation is 1. The summed E-state index contributed by atoms with van der Waals surface area (Å²) in [7, 11) is -4.37. The number of hydrogen-bond acceptors (Lipinski definition) is 8. The summed E-state index contributed by atoms with van der Waals surface area (Å²) in [5.41, 5.74) is -0.912. The number of nitrogens with one attached hydrogen (secondary N) is 1. The van der Waals surface area contributed by atoms with Crippen molar-refractivity contribution in [2.24, 2.45) is 0 Å². The fourth-order valence-corrected chi connectivity index (χ4v) is 2.92. The van der Waals surface area contributed by atoms with Gasteiger partial charge in [0, 0.05) is 18.2 Å². The normalized spacial score (nSPS) is 26.4. The van der Waals surface area contributed by atoms with Gasteiger partial charge in [0.1, 0.15) is 12.3 Å². The van der Waals surface area contributed by atoms with Gasteiger partial charge in [0.2, 0.25) is 0 Å². The lowest BCUT2D eigenvalue weighted by molar-refractivity contribution is -0.0468. The fourth-order valence-electron chi connectivity index (χ4n) is 2.20. The number of nitrogens with zero attached hydrogens (tertiary/aromatic N) is 1. The molecule has 1 aliphatic heterocycles. The van der Waals surface area contributed by atoms with Gasteiger partial charge in [-0.1, -0.05) is 0 Å². The van der Waals surface area contributed by atoms with Crippen LogP contribution in [-0.2, 0) is 18.3 Å². The number of phosphoric ester groups is 1. The number of ether oxygens (including phenoxy) is 1. The van der Waals surface area contributed by atoms with Gasteiger partial charge in [0.05, 0.1) is 25.9 Å². The third-order valence-corrected chi connectivity index (χ3v) is 4.39. The smallest absolute Gasteiger partial charge is 0.394 e. The van der Waals surface area contributed by atoms with Crippen molar-refractivity contribution < 1.29 is 33.5 Å². The Kier molecular flexibility index (Phi) is 6.10. The third kappa shape index (κ3) is 4.61. The van der Waals surface area contributed by atoms with E-state index in [0.717, 1.165) is 4.57 Å². The van der Waals surface area contributed by atoms with Crippen LogP contribution in [-0.4, -0.2) is 56.7 Å². The first kappa shape index (κ1) is 19.0. The Morgan fingerprint density at radius 2 is 2.17 bits per heavy atom. The van der Waals surface area contributed by atoms with Gasteiger partial charge in [-0.25, -0.2) is 9.36 Å². The monoisotopic (exact) mass is 366 g/mol. The summed E-state index contributed by atoms with van der Waals surface area (Å²) in [6.45, 7) is 0.235. The molecule has 0 radical (unpaired) electrons. The molecule has 0 bridgehead atoms. The molecule has 1 aromatic heterocycles. The van der Waals surface area contributed by atoms with Crippen LogP contribution in [0, 0.1) is 6.92 Å². The highest BCUT2D eigenvalue weighted by Gasteiger charge is 2.37. The molecule has 4 N–H and O–H groups in total. The van der Waals surface area contributed by atoms with E-state index in [-0.39, 0.29) is 13.0 Å². The number of aliphatic hydroxyl groups excluding tert-OH is 2. The number of hydrogen-bond donors (Lipinski definition) is 4. The maximum atomic E-state index is 11.8. The molecule has 0 aromatic carbocycles. The fraction of sp³-hybridized carbons (Fsp3) is 0.667. The van der Waals surface area contributed by atoms with Crippen molar-refractivity contribution in [3.63, 3.8) is 0 Å². The third-order valence-electron chi connectivity index (χ3n) is 3.41. The van der Waals surface area contributed by atoms with Gasteiger partial charge in [-0.05, 0) is 6.92 Å². The highest BCUT2D eigenvalue weighted by Crippen LogP contribution is 2.44. The maximum Gasteiger partial charge on any atom is 0.472 e. The van der Waals surface area contributed by atoms with Gasteiger partial charge in [0.15, 0.2) is 0 Å². The van der Waals surface area contributed by atoms with Crippen LogP contribution < -0.4 is 11.2 Å². The van der Waals surface area contributed by atoms with Gasteiger partial charge in [-0.15, -0.1) is 0 Å². The molecular weight excluding hydrogens is 347 g/mol.